The second-order valence-electron chi connectivity index (χ2n) is 4.96. The van der Waals surface area contributed by atoms with Crippen LogP contribution in [0.15, 0.2) is 35.0 Å². The molecule has 0 amide bonds. The molecule has 0 aliphatic carbocycles. The van der Waals surface area contributed by atoms with Crippen molar-refractivity contribution in [3.8, 4) is 11.1 Å². The lowest BCUT2D eigenvalue weighted by atomic mass is 10.1. The maximum atomic E-state index is 13.9. The number of halogens is 1. The van der Waals surface area contributed by atoms with Crippen molar-refractivity contribution >= 4 is 17.0 Å². The van der Waals surface area contributed by atoms with Crippen molar-refractivity contribution in [3.05, 3.63) is 40.8 Å². The summed E-state index contributed by atoms with van der Waals surface area (Å²) in [7, 11) is 0. The van der Waals surface area contributed by atoms with Crippen LogP contribution in [0.1, 0.15) is 6.92 Å². The van der Waals surface area contributed by atoms with Crippen molar-refractivity contribution in [2.75, 3.05) is 24.5 Å². The van der Waals surface area contributed by atoms with E-state index in [0.29, 0.717) is 6.04 Å². The molecule has 3 rings (SSSR count). The molecule has 0 spiro atoms. The van der Waals surface area contributed by atoms with Crippen molar-refractivity contribution in [2.45, 2.75) is 13.0 Å². The molecule has 1 aliphatic rings. The Morgan fingerprint density at radius 3 is 2.95 bits per heavy atom. The van der Waals surface area contributed by atoms with E-state index in [0.717, 1.165) is 36.4 Å². The van der Waals surface area contributed by atoms with Crippen molar-refractivity contribution in [3.63, 3.8) is 0 Å². The summed E-state index contributed by atoms with van der Waals surface area (Å²) in [5.74, 6) is -0.163. The van der Waals surface area contributed by atoms with E-state index in [-0.39, 0.29) is 5.82 Å². The Morgan fingerprint density at radius 1 is 1.32 bits per heavy atom. The van der Waals surface area contributed by atoms with Crippen LogP contribution < -0.4 is 10.2 Å². The third kappa shape index (κ3) is 2.65. The second kappa shape index (κ2) is 5.31. The van der Waals surface area contributed by atoms with E-state index in [9.17, 15) is 4.39 Å². The van der Waals surface area contributed by atoms with Gasteiger partial charge in [-0.1, -0.05) is 0 Å². The van der Waals surface area contributed by atoms with Crippen molar-refractivity contribution in [1.29, 1.82) is 0 Å². The fraction of sp³-hybridized carbons (Fsp3) is 0.333. The van der Waals surface area contributed by atoms with Gasteiger partial charge in [0.1, 0.15) is 5.82 Å². The summed E-state index contributed by atoms with van der Waals surface area (Å²) in [6.45, 7) is 4.99. The van der Waals surface area contributed by atoms with Crippen molar-refractivity contribution < 1.29 is 4.39 Å². The molecule has 0 bridgehead atoms. The number of rotatable bonds is 2. The maximum Gasteiger partial charge on any atom is 0.125 e. The maximum absolute atomic E-state index is 13.9. The van der Waals surface area contributed by atoms with Crippen LogP contribution in [0.3, 0.4) is 0 Å². The third-order valence-electron chi connectivity index (χ3n) is 3.57. The Hall–Kier alpha value is -1.39. The normalized spacial score (nSPS) is 19.7. The molecule has 2 nitrogen and oxygen atoms in total. The molecular weight excluding hydrogens is 259 g/mol. The van der Waals surface area contributed by atoms with Crippen LogP contribution in [0.4, 0.5) is 10.1 Å². The van der Waals surface area contributed by atoms with Gasteiger partial charge in [0.05, 0.1) is 0 Å². The first-order valence-electron chi connectivity index (χ1n) is 6.54. The lowest BCUT2D eigenvalue weighted by Crippen LogP contribution is -2.49. The monoisotopic (exact) mass is 276 g/mol. The van der Waals surface area contributed by atoms with E-state index in [1.165, 1.54) is 0 Å². The minimum Gasteiger partial charge on any atom is -0.366 e. The van der Waals surface area contributed by atoms with Gasteiger partial charge in [0.15, 0.2) is 0 Å². The zero-order valence-corrected chi connectivity index (χ0v) is 11.7. The standard InChI is InChI=1S/C15H17FN2S/c1-11-9-17-3-4-18(11)15-7-13(6-14(16)8-15)12-2-5-19-10-12/h2,5-8,10-11,17H,3-4,9H2,1H3/t11-/m0/s1. The average molecular weight is 276 g/mol. The van der Waals surface area contributed by atoms with E-state index in [1.807, 2.05) is 11.4 Å². The largest absolute Gasteiger partial charge is 0.366 e. The molecule has 100 valence electrons. The van der Waals surface area contributed by atoms with Gasteiger partial charge in [0.2, 0.25) is 0 Å². The Bertz CT molecular complexity index is 553. The molecule has 1 N–H and O–H groups in total. The van der Waals surface area contributed by atoms with Gasteiger partial charge in [0.25, 0.3) is 0 Å². The number of nitrogens with zero attached hydrogens (tertiary/aromatic N) is 1. The number of nitrogens with one attached hydrogen (secondary N) is 1. The number of anilines is 1. The molecule has 1 aliphatic heterocycles. The fourth-order valence-electron chi connectivity index (χ4n) is 2.56. The molecule has 19 heavy (non-hydrogen) atoms. The van der Waals surface area contributed by atoms with Crippen LogP contribution in [-0.2, 0) is 0 Å². The van der Waals surface area contributed by atoms with Crippen LogP contribution in [0, 0.1) is 5.82 Å². The zero-order valence-electron chi connectivity index (χ0n) is 10.9. The molecule has 1 fully saturated rings. The van der Waals surface area contributed by atoms with Crippen molar-refractivity contribution in [1.82, 2.24) is 5.32 Å². The smallest absolute Gasteiger partial charge is 0.125 e. The van der Waals surface area contributed by atoms with Crippen LogP contribution in [0.5, 0.6) is 0 Å². The summed E-state index contributed by atoms with van der Waals surface area (Å²) in [6, 6.07) is 7.76. The number of piperazine rings is 1. The van der Waals surface area contributed by atoms with Gasteiger partial charge in [0, 0.05) is 31.4 Å². The lowest BCUT2D eigenvalue weighted by Gasteiger charge is -2.36. The average Bonchev–Trinajstić information content (AvgIpc) is 2.92. The summed E-state index contributed by atoms with van der Waals surface area (Å²) < 4.78 is 13.9. The van der Waals surface area contributed by atoms with E-state index >= 15 is 0 Å². The Labute approximate surface area is 116 Å². The predicted octanol–water partition coefficient (Wildman–Crippen LogP) is 3.35. The van der Waals surface area contributed by atoms with Gasteiger partial charge in [-0.05, 0) is 53.1 Å². The highest BCUT2D eigenvalue weighted by molar-refractivity contribution is 7.08. The number of hydrogen-bond donors (Lipinski definition) is 1. The van der Waals surface area contributed by atoms with E-state index < -0.39 is 0 Å². The molecule has 0 unspecified atom stereocenters. The highest BCUT2D eigenvalue weighted by Gasteiger charge is 2.19. The first-order valence-corrected chi connectivity index (χ1v) is 7.49. The highest BCUT2D eigenvalue weighted by Crippen LogP contribution is 2.29. The fourth-order valence-corrected chi connectivity index (χ4v) is 3.22. The molecular formula is C15H17FN2S. The Balaban J connectivity index is 1.97. The lowest BCUT2D eigenvalue weighted by molar-refractivity contribution is 0.499. The van der Waals surface area contributed by atoms with Crippen LogP contribution in [0.25, 0.3) is 11.1 Å². The summed E-state index contributed by atoms with van der Waals surface area (Å²) in [6.07, 6.45) is 0. The summed E-state index contributed by atoms with van der Waals surface area (Å²) >= 11 is 1.64. The topological polar surface area (TPSA) is 15.3 Å². The molecule has 4 heteroatoms. The summed E-state index contributed by atoms with van der Waals surface area (Å²) in [5, 5.41) is 7.43. The summed E-state index contributed by atoms with van der Waals surface area (Å²) in [4.78, 5) is 2.27. The molecule has 1 atom stereocenters. The van der Waals surface area contributed by atoms with Crippen LogP contribution in [0.2, 0.25) is 0 Å². The first-order chi connectivity index (χ1) is 9.24. The molecule has 2 heterocycles. The number of benzene rings is 1. The van der Waals surface area contributed by atoms with Gasteiger partial charge < -0.3 is 10.2 Å². The molecule has 0 saturated carbocycles. The van der Waals surface area contributed by atoms with E-state index in [1.54, 1.807) is 23.5 Å². The second-order valence-corrected chi connectivity index (χ2v) is 5.74. The SMILES string of the molecule is C[C@H]1CNCCN1c1cc(F)cc(-c2ccsc2)c1. The Morgan fingerprint density at radius 2 is 2.21 bits per heavy atom. The molecule has 1 aromatic heterocycles. The summed E-state index contributed by atoms with van der Waals surface area (Å²) in [5.41, 5.74) is 3.03. The molecule has 2 aromatic rings. The van der Waals surface area contributed by atoms with Gasteiger partial charge in [-0.3, -0.25) is 0 Å². The minimum absolute atomic E-state index is 0.163. The van der Waals surface area contributed by atoms with Gasteiger partial charge in [-0.15, -0.1) is 0 Å². The highest BCUT2D eigenvalue weighted by atomic mass is 32.1. The van der Waals surface area contributed by atoms with E-state index in [2.05, 4.69) is 28.6 Å². The molecule has 1 aromatic carbocycles. The minimum atomic E-state index is -0.163. The predicted molar refractivity (Wildman–Crippen MR) is 79.4 cm³/mol. The number of thiophene rings is 1. The molecule has 0 radical (unpaired) electrons. The van der Waals surface area contributed by atoms with Gasteiger partial charge in [-0.2, -0.15) is 11.3 Å². The van der Waals surface area contributed by atoms with Gasteiger partial charge >= 0.3 is 0 Å². The van der Waals surface area contributed by atoms with Crippen LogP contribution >= 0.6 is 11.3 Å². The third-order valence-corrected chi connectivity index (χ3v) is 4.25. The van der Waals surface area contributed by atoms with Gasteiger partial charge in [-0.25, -0.2) is 4.39 Å². The quantitative estimate of drug-likeness (QED) is 0.905. The Kier molecular flexibility index (Phi) is 3.53. The van der Waals surface area contributed by atoms with E-state index in [4.69, 9.17) is 0 Å². The first kappa shape index (κ1) is 12.6. The number of hydrogen-bond acceptors (Lipinski definition) is 3. The molecule has 1 saturated heterocycles. The van der Waals surface area contributed by atoms with Crippen LogP contribution in [-0.4, -0.2) is 25.7 Å². The zero-order chi connectivity index (χ0) is 13.2. The van der Waals surface area contributed by atoms with Crippen molar-refractivity contribution in [2.24, 2.45) is 0 Å².